The minimum absolute atomic E-state index is 0.0511. The van der Waals surface area contributed by atoms with Gasteiger partial charge in [0.15, 0.2) is 5.84 Å². The number of likely N-dealkylation sites (tertiary alicyclic amines) is 1. The van der Waals surface area contributed by atoms with E-state index in [1.165, 1.54) is 12.8 Å². The molecule has 21 heavy (non-hydrogen) atoms. The van der Waals surface area contributed by atoms with Gasteiger partial charge in [-0.2, -0.15) is 0 Å². The Hall–Kier alpha value is -2.04. The standard InChI is InChI=1S/C16H23N3O2/c1-2-14-6-4-3-5-11-19(14)16(20)13-9-7-12(8-10-13)15(17)18-21/h7-10,14,21H,2-6,11H2,1H3,(H2,17,18). The maximum absolute atomic E-state index is 12.7. The van der Waals surface area contributed by atoms with Gasteiger partial charge in [-0.3, -0.25) is 4.79 Å². The van der Waals surface area contributed by atoms with Gasteiger partial charge in [-0.1, -0.05) is 37.1 Å². The molecule has 5 heteroatoms. The van der Waals surface area contributed by atoms with Crippen LogP contribution in [0.15, 0.2) is 29.4 Å². The Balaban J connectivity index is 2.18. The molecule has 0 aromatic heterocycles. The first-order valence-electron chi connectivity index (χ1n) is 7.56. The summed E-state index contributed by atoms with van der Waals surface area (Å²) in [5, 5.41) is 11.6. The van der Waals surface area contributed by atoms with Crippen molar-refractivity contribution in [2.75, 3.05) is 6.54 Å². The van der Waals surface area contributed by atoms with Crippen molar-refractivity contribution in [2.45, 2.75) is 45.1 Å². The number of hydrogen-bond acceptors (Lipinski definition) is 3. The fourth-order valence-corrected chi connectivity index (χ4v) is 2.88. The Bertz CT molecular complexity index is 511. The zero-order chi connectivity index (χ0) is 15.2. The van der Waals surface area contributed by atoms with Crippen LogP contribution in [-0.4, -0.2) is 34.4 Å². The molecule has 3 N–H and O–H groups in total. The first kappa shape index (κ1) is 15.4. The molecule has 114 valence electrons. The number of benzene rings is 1. The van der Waals surface area contributed by atoms with Crippen LogP contribution < -0.4 is 5.73 Å². The zero-order valence-corrected chi connectivity index (χ0v) is 12.5. The Morgan fingerprint density at radius 3 is 2.57 bits per heavy atom. The van der Waals surface area contributed by atoms with Crippen molar-refractivity contribution >= 4 is 11.7 Å². The van der Waals surface area contributed by atoms with Gasteiger partial charge in [-0.05, 0) is 31.4 Å². The zero-order valence-electron chi connectivity index (χ0n) is 12.5. The van der Waals surface area contributed by atoms with Gasteiger partial charge in [0.25, 0.3) is 5.91 Å². The smallest absolute Gasteiger partial charge is 0.254 e. The highest BCUT2D eigenvalue weighted by molar-refractivity contribution is 5.99. The summed E-state index contributed by atoms with van der Waals surface area (Å²) in [5.74, 6) is 0.130. The number of amides is 1. The highest BCUT2D eigenvalue weighted by atomic mass is 16.4. The van der Waals surface area contributed by atoms with Crippen LogP contribution in [0.1, 0.15) is 54.9 Å². The third-order valence-electron chi connectivity index (χ3n) is 4.14. The van der Waals surface area contributed by atoms with Gasteiger partial charge in [0.05, 0.1) is 0 Å². The van der Waals surface area contributed by atoms with Crippen molar-refractivity contribution in [2.24, 2.45) is 10.9 Å². The summed E-state index contributed by atoms with van der Waals surface area (Å²) in [5.41, 5.74) is 6.80. The number of amidine groups is 1. The molecule has 2 rings (SSSR count). The molecular weight excluding hydrogens is 266 g/mol. The van der Waals surface area contributed by atoms with E-state index in [0.29, 0.717) is 17.2 Å². The van der Waals surface area contributed by atoms with E-state index in [-0.39, 0.29) is 11.7 Å². The Morgan fingerprint density at radius 2 is 1.95 bits per heavy atom. The van der Waals surface area contributed by atoms with Crippen molar-refractivity contribution in [3.63, 3.8) is 0 Å². The lowest BCUT2D eigenvalue weighted by molar-refractivity contribution is 0.0678. The van der Waals surface area contributed by atoms with Crippen LogP contribution in [0.25, 0.3) is 0 Å². The molecule has 1 aliphatic rings. The molecular formula is C16H23N3O2. The van der Waals surface area contributed by atoms with Crippen molar-refractivity contribution in [1.82, 2.24) is 4.90 Å². The summed E-state index contributed by atoms with van der Waals surface area (Å²) in [6.07, 6.45) is 5.55. The molecule has 1 amide bonds. The van der Waals surface area contributed by atoms with E-state index in [4.69, 9.17) is 10.9 Å². The Morgan fingerprint density at radius 1 is 1.29 bits per heavy atom. The third kappa shape index (κ3) is 3.54. The van der Waals surface area contributed by atoms with Crippen molar-refractivity contribution in [3.8, 4) is 0 Å². The van der Waals surface area contributed by atoms with Gasteiger partial charge in [-0.25, -0.2) is 0 Å². The Labute approximate surface area is 125 Å². The lowest BCUT2D eigenvalue weighted by Gasteiger charge is -2.29. The summed E-state index contributed by atoms with van der Waals surface area (Å²) >= 11 is 0. The predicted molar refractivity (Wildman–Crippen MR) is 82.5 cm³/mol. The van der Waals surface area contributed by atoms with Crippen LogP contribution >= 0.6 is 0 Å². The quantitative estimate of drug-likeness (QED) is 0.388. The van der Waals surface area contributed by atoms with E-state index < -0.39 is 0 Å². The number of oxime groups is 1. The molecule has 1 heterocycles. The van der Waals surface area contributed by atoms with E-state index in [1.54, 1.807) is 24.3 Å². The highest BCUT2D eigenvalue weighted by Crippen LogP contribution is 2.21. The number of nitrogens with two attached hydrogens (primary N) is 1. The fraction of sp³-hybridized carbons (Fsp3) is 0.500. The number of nitrogens with zero attached hydrogens (tertiary/aromatic N) is 2. The van der Waals surface area contributed by atoms with Crippen LogP contribution in [0, 0.1) is 0 Å². The molecule has 1 fully saturated rings. The number of carbonyl (C=O) groups excluding carboxylic acids is 1. The van der Waals surface area contributed by atoms with Gasteiger partial charge in [-0.15, -0.1) is 0 Å². The van der Waals surface area contributed by atoms with Crippen LogP contribution in [-0.2, 0) is 0 Å². The minimum atomic E-state index is 0.0511. The van der Waals surface area contributed by atoms with E-state index in [0.717, 1.165) is 25.8 Å². The molecule has 5 nitrogen and oxygen atoms in total. The van der Waals surface area contributed by atoms with Gasteiger partial charge in [0.1, 0.15) is 0 Å². The fourth-order valence-electron chi connectivity index (χ4n) is 2.88. The first-order valence-corrected chi connectivity index (χ1v) is 7.56. The first-order chi connectivity index (χ1) is 10.2. The number of rotatable bonds is 3. The molecule has 0 radical (unpaired) electrons. The van der Waals surface area contributed by atoms with Gasteiger partial charge >= 0.3 is 0 Å². The maximum atomic E-state index is 12.7. The predicted octanol–water partition coefficient (Wildman–Crippen LogP) is 2.58. The molecule has 1 aromatic rings. The van der Waals surface area contributed by atoms with E-state index in [9.17, 15) is 4.79 Å². The van der Waals surface area contributed by atoms with Crippen LogP contribution in [0.5, 0.6) is 0 Å². The maximum Gasteiger partial charge on any atom is 0.254 e. The van der Waals surface area contributed by atoms with Crippen LogP contribution in [0.4, 0.5) is 0 Å². The second-order valence-corrected chi connectivity index (χ2v) is 5.47. The van der Waals surface area contributed by atoms with Crippen LogP contribution in [0.2, 0.25) is 0 Å². The SMILES string of the molecule is CCC1CCCCCN1C(=O)c1ccc(/C(N)=N/O)cc1. The van der Waals surface area contributed by atoms with E-state index >= 15 is 0 Å². The molecule has 1 aromatic carbocycles. The molecule has 0 spiro atoms. The molecule has 0 saturated carbocycles. The Kier molecular flexibility index (Phi) is 5.20. The second kappa shape index (κ2) is 7.11. The summed E-state index contributed by atoms with van der Waals surface area (Å²) < 4.78 is 0. The minimum Gasteiger partial charge on any atom is -0.409 e. The summed E-state index contributed by atoms with van der Waals surface area (Å²) in [4.78, 5) is 14.7. The van der Waals surface area contributed by atoms with Gasteiger partial charge in [0, 0.05) is 23.7 Å². The largest absolute Gasteiger partial charge is 0.409 e. The third-order valence-corrected chi connectivity index (χ3v) is 4.14. The average Bonchev–Trinajstić information content (AvgIpc) is 2.78. The number of hydrogen-bond donors (Lipinski definition) is 2. The summed E-state index contributed by atoms with van der Waals surface area (Å²) in [6, 6.07) is 7.24. The van der Waals surface area contributed by atoms with E-state index in [1.807, 2.05) is 4.90 Å². The van der Waals surface area contributed by atoms with E-state index in [2.05, 4.69) is 12.1 Å². The second-order valence-electron chi connectivity index (χ2n) is 5.47. The molecule has 1 saturated heterocycles. The number of carbonyl (C=O) groups is 1. The molecule has 1 aliphatic heterocycles. The average molecular weight is 289 g/mol. The van der Waals surface area contributed by atoms with Gasteiger partial charge < -0.3 is 15.8 Å². The van der Waals surface area contributed by atoms with Crippen molar-refractivity contribution < 1.29 is 10.0 Å². The monoisotopic (exact) mass is 289 g/mol. The topological polar surface area (TPSA) is 78.9 Å². The highest BCUT2D eigenvalue weighted by Gasteiger charge is 2.24. The van der Waals surface area contributed by atoms with Crippen molar-refractivity contribution in [3.05, 3.63) is 35.4 Å². The summed E-state index contributed by atoms with van der Waals surface area (Å²) in [6.45, 7) is 2.97. The van der Waals surface area contributed by atoms with Gasteiger partial charge in [0.2, 0.25) is 0 Å². The summed E-state index contributed by atoms with van der Waals surface area (Å²) in [7, 11) is 0. The molecule has 1 unspecified atom stereocenters. The molecule has 0 bridgehead atoms. The lowest BCUT2D eigenvalue weighted by Crippen LogP contribution is -2.39. The molecule has 0 aliphatic carbocycles. The van der Waals surface area contributed by atoms with Crippen molar-refractivity contribution in [1.29, 1.82) is 0 Å². The normalized spacial score (nSPS) is 20.1. The van der Waals surface area contributed by atoms with Crippen LogP contribution in [0.3, 0.4) is 0 Å². The molecule has 1 atom stereocenters. The lowest BCUT2D eigenvalue weighted by atomic mass is 10.1.